The zero-order valence-electron chi connectivity index (χ0n) is 13.9. The van der Waals surface area contributed by atoms with Gasteiger partial charge in [0.2, 0.25) is 0 Å². The molecular formula is C17H36N2O. The summed E-state index contributed by atoms with van der Waals surface area (Å²) < 4.78 is 6.00. The van der Waals surface area contributed by atoms with Gasteiger partial charge in [0.1, 0.15) is 5.72 Å². The monoisotopic (exact) mass is 284 g/mol. The number of ether oxygens (including phenoxy) is 1. The normalized spacial score (nSPS) is 17.4. The molecule has 20 heavy (non-hydrogen) atoms. The van der Waals surface area contributed by atoms with Gasteiger partial charge in [-0.25, -0.2) is 0 Å². The second kappa shape index (κ2) is 11.3. The van der Waals surface area contributed by atoms with Crippen LogP contribution in [0.25, 0.3) is 0 Å². The Labute approximate surface area is 126 Å². The first-order chi connectivity index (χ1) is 9.50. The molecule has 0 rings (SSSR count). The Morgan fingerprint density at radius 2 is 1.75 bits per heavy atom. The van der Waals surface area contributed by atoms with E-state index in [1.807, 2.05) is 13.0 Å². The summed E-state index contributed by atoms with van der Waals surface area (Å²) in [6, 6.07) is 0.0187. The largest absolute Gasteiger partial charge is 0.359 e. The molecule has 3 unspecified atom stereocenters. The van der Waals surface area contributed by atoms with E-state index in [1.54, 1.807) is 0 Å². The first-order valence-electron chi connectivity index (χ1n) is 8.31. The lowest BCUT2D eigenvalue weighted by Gasteiger charge is -2.37. The van der Waals surface area contributed by atoms with Crippen LogP contribution in [0.15, 0.2) is 12.7 Å². The smallest absolute Gasteiger partial charge is 0.123 e. The Hall–Kier alpha value is -0.380. The van der Waals surface area contributed by atoms with Gasteiger partial charge in [-0.3, -0.25) is 0 Å². The maximum absolute atomic E-state index is 6.58. The lowest BCUT2D eigenvalue weighted by Crippen LogP contribution is -2.50. The van der Waals surface area contributed by atoms with Crippen LogP contribution in [0.2, 0.25) is 0 Å². The number of hydrogen-bond donors (Lipinski definition) is 2. The molecule has 3 heteroatoms. The van der Waals surface area contributed by atoms with Gasteiger partial charge in [0.05, 0.1) is 6.61 Å². The maximum atomic E-state index is 6.58. The second-order valence-corrected chi connectivity index (χ2v) is 6.04. The summed E-state index contributed by atoms with van der Waals surface area (Å²) in [4.78, 5) is 0. The van der Waals surface area contributed by atoms with E-state index in [9.17, 15) is 0 Å². The zero-order valence-corrected chi connectivity index (χ0v) is 13.9. The zero-order chi connectivity index (χ0) is 15.4. The van der Waals surface area contributed by atoms with Crippen molar-refractivity contribution in [1.82, 2.24) is 0 Å². The summed E-state index contributed by atoms with van der Waals surface area (Å²) in [5.74, 6) is 0.213. The highest BCUT2D eigenvalue weighted by atomic mass is 16.5. The molecule has 0 saturated carbocycles. The Kier molecular flexibility index (Phi) is 11.1. The highest BCUT2D eigenvalue weighted by Gasteiger charge is 2.33. The van der Waals surface area contributed by atoms with E-state index in [0.29, 0.717) is 6.61 Å². The third-order valence-corrected chi connectivity index (χ3v) is 3.82. The SMILES string of the molecule is C=CC(CCCCC)C(N)(CCCCC)OCC(C)N. The topological polar surface area (TPSA) is 61.3 Å². The second-order valence-electron chi connectivity index (χ2n) is 6.04. The van der Waals surface area contributed by atoms with Gasteiger partial charge >= 0.3 is 0 Å². The summed E-state index contributed by atoms with van der Waals surface area (Å²) >= 11 is 0. The van der Waals surface area contributed by atoms with Crippen molar-refractivity contribution < 1.29 is 4.74 Å². The molecule has 0 amide bonds. The molecule has 4 N–H and O–H groups in total. The fourth-order valence-corrected chi connectivity index (χ4v) is 2.48. The average molecular weight is 284 g/mol. The highest BCUT2D eigenvalue weighted by molar-refractivity contribution is 4.93. The molecule has 0 aliphatic heterocycles. The standard InChI is InChI=1S/C17H36N2O/c1-5-8-10-12-16(7-3)17(19,13-11-9-6-2)20-14-15(4)18/h7,15-16H,3,5-6,8-14,18-19H2,1-2,4H3. The van der Waals surface area contributed by atoms with E-state index < -0.39 is 5.72 Å². The minimum Gasteiger partial charge on any atom is -0.359 e. The minimum atomic E-state index is -0.599. The number of rotatable bonds is 13. The van der Waals surface area contributed by atoms with Gasteiger partial charge in [-0.1, -0.05) is 52.0 Å². The molecule has 0 aromatic heterocycles. The molecule has 0 aromatic carbocycles. The van der Waals surface area contributed by atoms with Crippen molar-refractivity contribution in [3.8, 4) is 0 Å². The summed E-state index contributed by atoms with van der Waals surface area (Å²) in [5.41, 5.74) is 11.8. The lowest BCUT2D eigenvalue weighted by atomic mass is 9.86. The highest BCUT2D eigenvalue weighted by Crippen LogP contribution is 2.29. The van der Waals surface area contributed by atoms with Crippen molar-refractivity contribution in [2.75, 3.05) is 6.61 Å². The van der Waals surface area contributed by atoms with Crippen molar-refractivity contribution >= 4 is 0 Å². The van der Waals surface area contributed by atoms with Crippen molar-refractivity contribution in [1.29, 1.82) is 0 Å². The first-order valence-corrected chi connectivity index (χ1v) is 8.31. The van der Waals surface area contributed by atoms with Crippen LogP contribution in [0.3, 0.4) is 0 Å². The molecule has 3 nitrogen and oxygen atoms in total. The predicted molar refractivity (Wildman–Crippen MR) is 88.5 cm³/mol. The van der Waals surface area contributed by atoms with Crippen LogP contribution in [-0.2, 0) is 4.74 Å². The van der Waals surface area contributed by atoms with Crippen molar-refractivity contribution in [3.63, 3.8) is 0 Å². The third kappa shape index (κ3) is 8.03. The Morgan fingerprint density at radius 3 is 2.25 bits per heavy atom. The summed E-state index contributed by atoms with van der Waals surface area (Å²) in [6.07, 6.45) is 11.0. The van der Waals surface area contributed by atoms with Crippen LogP contribution in [0, 0.1) is 5.92 Å². The van der Waals surface area contributed by atoms with Crippen LogP contribution < -0.4 is 11.5 Å². The van der Waals surface area contributed by atoms with Gasteiger partial charge in [0.15, 0.2) is 0 Å². The average Bonchev–Trinajstić information content (AvgIpc) is 2.42. The van der Waals surface area contributed by atoms with Crippen molar-refractivity contribution in [3.05, 3.63) is 12.7 Å². The summed E-state index contributed by atoms with van der Waals surface area (Å²) in [6.45, 7) is 10.9. The van der Waals surface area contributed by atoms with Gasteiger partial charge in [-0.2, -0.15) is 0 Å². The van der Waals surface area contributed by atoms with Crippen LogP contribution in [0.5, 0.6) is 0 Å². The van der Waals surface area contributed by atoms with E-state index in [1.165, 1.54) is 32.1 Å². The number of unbranched alkanes of at least 4 members (excludes halogenated alkanes) is 4. The molecule has 0 radical (unpaired) electrons. The van der Waals surface area contributed by atoms with Crippen LogP contribution >= 0.6 is 0 Å². The number of nitrogens with two attached hydrogens (primary N) is 2. The van der Waals surface area contributed by atoms with Gasteiger partial charge in [0, 0.05) is 12.0 Å². The molecule has 0 bridgehead atoms. The summed E-state index contributed by atoms with van der Waals surface area (Å²) in [7, 11) is 0. The molecule has 3 atom stereocenters. The van der Waals surface area contributed by atoms with Crippen molar-refractivity contribution in [2.45, 2.75) is 83.9 Å². The van der Waals surface area contributed by atoms with Gasteiger partial charge in [-0.15, -0.1) is 6.58 Å². The van der Waals surface area contributed by atoms with Gasteiger partial charge < -0.3 is 16.2 Å². The van der Waals surface area contributed by atoms with Crippen molar-refractivity contribution in [2.24, 2.45) is 17.4 Å². The van der Waals surface area contributed by atoms with Crippen LogP contribution in [0.4, 0.5) is 0 Å². The Morgan fingerprint density at radius 1 is 1.15 bits per heavy atom. The van der Waals surface area contributed by atoms with E-state index in [0.717, 1.165) is 19.3 Å². The third-order valence-electron chi connectivity index (χ3n) is 3.82. The van der Waals surface area contributed by atoms with Gasteiger partial charge in [-0.05, 0) is 26.2 Å². The fourth-order valence-electron chi connectivity index (χ4n) is 2.48. The molecule has 0 spiro atoms. The van der Waals surface area contributed by atoms with E-state index >= 15 is 0 Å². The summed E-state index contributed by atoms with van der Waals surface area (Å²) in [5, 5.41) is 0. The molecule has 0 fully saturated rings. The molecular weight excluding hydrogens is 248 g/mol. The molecule has 0 saturated heterocycles. The maximum Gasteiger partial charge on any atom is 0.123 e. The molecule has 0 heterocycles. The lowest BCUT2D eigenvalue weighted by molar-refractivity contribution is -0.0835. The number of hydrogen-bond acceptors (Lipinski definition) is 3. The minimum absolute atomic E-state index is 0.0187. The van der Waals surface area contributed by atoms with Crippen LogP contribution in [0.1, 0.15) is 72.1 Å². The molecule has 0 aliphatic rings. The van der Waals surface area contributed by atoms with Crippen LogP contribution in [-0.4, -0.2) is 18.4 Å². The fraction of sp³-hybridized carbons (Fsp3) is 0.882. The Balaban J connectivity index is 4.60. The van der Waals surface area contributed by atoms with Gasteiger partial charge in [0.25, 0.3) is 0 Å². The van der Waals surface area contributed by atoms with E-state index in [2.05, 4.69) is 20.4 Å². The quantitative estimate of drug-likeness (QED) is 0.306. The first kappa shape index (κ1) is 19.6. The Bertz CT molecular complexity index is 243. The molecule has 0 aliphatic carbocycles. The van der Waals surface area contributed by atoms with E-state index in [4.69, 9.17) is 16.2 Å². The predicted octanol–water partition coefficient (Wildman–Crippen LogP) is 3.97. The van der Waals surface area contributed by atoms with E-state index in [-0.39, 0.29) is 12.0 Å². The molecule has 0 aromatic rings. The molecule has 120 valence electrons.